The maximum Gasteiger partial charge on any atom is 1.00 e. The van der Waals surface area contributed by atoms with Crippen LogP contribution >= 0.6 is 0 Å². The van der Waals surface area contributed by atoms with E-state index in [-0.39, 0.29) is 67.9 Å². The summed E-state index contributed by atoms with van der Waals surface area (Å²) in [6.45, 7) is 2.26. The van der Waals surface area contributed by atoms with Gasteiger partial charge in [0, 0.05) is 6.42 Å². The van der Waals surface area contributed by atoms with E-state index in [4.69, 9.17) is 20.5 Å². The molecule has 0 aliphatic heterocycles. The first kappa shape index (κ1) is 41.2. The van der Waals surface area contributed by atoms with E-state index < -0.39 is 33.7 Å². The Morgan fingerprint density at radius 1 is 0.824 bits per heavy atom. The van der Waals surface area contributed by atoms with E-state index in [0.29, 0.717) is 6.42 Å². The first-order chi connectivity index (χ1) is 15.0. The predicted octanol–water partition coefficient (Wildman–Crippen LogP) is -1.46. The second-order valence-corrected chi connectivity index (χ2v) is 9.34. The first-order valence-electron chi connectivity index (χ1n) is 11.4. The molecule has 0 rings (SSSR count). The van der Waals surface area contributed by atoms with Crippen LogP contribution < -0.4 is 64.8 Å². The third-order valence-corrected chi connectivity index (χ3v) is 5.77. The number of primary amides is 1. The summed E-state index contributed by atoms with van der Waals surface area (Å²) in [4.78, 5) is 30.5. The number of amides is 1. The molecule has 0 heterocycles. The molecule has 1 amide bonds. The average Bonchev–Trinajstić information content (AvgIpc) is 2.68. The van der Waals surface area contributed by atoms with E-state index in [0.717, 1.165) is 12.8 Å². The summed E-state index contributed by atoms with van der Waals surface area (Å²) in [5, 5.41) is 13.9. The third kappa shape index (κ3) is 32.1. The van der Waals surface area contributed by atoms with Crippen LogP contribution in [0.15, 0.2) is 12.2 Å². The van der Waals surface area contributed by atoms with Crippen LogP contribution in [0.1, 0.15) is 106 Å². The molecule has 0 aromatic carbocycles. The summed E-state index contributed by atoms with van der Waals surface area (Å²) in [6, 6.07) is 0. The number of nitrogens with two attached hydrogens (primary N) is 1. The summed E-state index contributed by atoms with van der Waals surface area (Å²) >= 11 is 0. The van der Waals surface area contributed by atoms with Gasteiger partial charge in [0.15, 0.2) is 5.25 Å². The second-order valence-electron chi connectivity index (χ2n) is 7.74. The Balaban J connectivity index is -0.000000123. The zero-order valence-corrected chi connectivity index (χ0v) is 26.0. The number of aliphatic carboxylic acids is 2. The number of hydrogen-bond donors (Lipinski definition) is 4. The van der Waals surface area contributed by atoms with Crippen molar-refractivity contribution in [1.82, 2.24) is 0 Å². The van der Waals surface area contributed by atoms with Crippen LogP contribution in [0.4, 0.5) is 0 Å². The monoisotopic (exact) mass is 527 g/mol. The van der Waals surface area contributed by atoms with Crippen LogP contribution in [0.25, 0.3) is 0 Å². The van der Waals surface area contributed by atoms with Gasteiger partial charge in [-0.3, -0.25) is 18.9 Å². The minimum absolute atomic E-state index is 0. The van der Waals surface area contributed by atoms with Gasteiger partial charge in [-0.25, -0.2) is 0 Å². The Morgan fingerprint density at radius 3 is 1.56 bits per heavy atom. The molecular formula is C22H43NNa2O8S. The van der Waals surface area contributed by atoms with E-state index in [9.17, 15) is 22.8 Å². The minimum Gasteiger partial charge on any atom is -1.00 e. The fraction of sp³-hybridized carbons (Fsp3) is 0.773. The van der Waals surface area contributed by atoms with Crippen LogP contribution in [-0.4, -0.2) is 46.3 Å². The summed E-state index contributed by atoms with van der Waals surface area (Å²) in [5.41, 5.74) is 5.10. The van der Waals surface area contributed by atoms with Crippen LogP contribution in [0.5, 0.6) is 0 Å². The number of hydrogen-bond acceptors (Lipinski definition) is 5. The molecule has 5 N–H and O–H groups in total. The topological polar surface area (TPSA) is 172 Å². The number of rotatable bonds is 19. The van der Waals surface area contributed by atoms with Crippen molar-refractivity contribution in [3.05, 3.63) is 12.2 Å². The van der Waals surface area contributed by atoms with E-state index in [2.05, 4.69) is 19.1 Å². The maximum atomic E-state index is 10.5. The normalized spacial score (nSPS) is 11.5. The van der Waals surface area contributed by atoms with E-state index in [1.807, 2.05) is 0 Å². The van der Waals surface area contributed by atoms with Crippen molar-refractivity contribution in [2.75, 3.05) is 0 Å². The SMILES string of the molecule is CCCCCCCC/C=C\CCCCCCCC(N)=O.O=C(O)CC(C(=O)O)S(=O)(=O)O.[H-].[H-].[Na+].[Na+]. The molecule has 1 atom stereocenters. The molecule has 0 aliphatic rings. The van der Waals surface area contributed by atoms with E-state index >= 15 is 0 Å². The van der Waals surface area contributed by atoms with Crippen LogP contribution in [0, 0.1) is 0 Å². The fourth-order valence-corrected chi connectivity index (χ4v) is 3.46. The molecular weight excluding hydrogens is 484 g/mol. The molecule has 0 bridgehead atoms. The molecule has 34 heavy (non-hydrogen) atoms. The second kappa shape index (κ2) is 27.6. The maximum absolute atomic E-state index is 10.5. The Kier molecular flexibility index (Phi) is 33.5. The standard InChI is InChI=1S/C18H35NO.C4H6O7S.2Na.2H/c1-2-3-4-5-6-7-8-9-10-11-12-13-14-15-16-17-18(19)20;5-3(6)1-2(4(7)8)12(9,10)11;;;;/h9-10H,2-8,11-17H2,1H3,(H2,19,20);2H,1H2,(H,5,6)(H,7,8)(H,9,10,11);;;;/q;;2*+1;2*-1/b10-9-;;;;;. The third-order valence-electron chi connectivity index (χ3n) is 4.68. The summed E-state index contributed by atoms with van der Waals surface area (Å²) in [5.74, 6) is -3.66. The zero-order chi connectivity index (χ0) is 24.8. The van der Waals surface area contributed by atoms with Gasteiger partial charge in [0.05, 0.1) is 6.42 Å². The summed E-state index contributed by atoms with van der Waals surface area (Å²) in [7, 11) is -4.84. The number of allylic oxidation sites excluding steroid dienone is 2. The Bertz CT molecular complexity index is 668. The van der Waals surface area contributed by atoms with Gasteiger partial charge in [-0.1, -0.05) is 70.4 Å². The molecule has 9 nitrogen and oxygen atoms in total. The van der Waals surface area contributed by atoms with Crippen molar-refractivity contribution in [2.45, 2.75) is 108 Å². The van der Waals surface area contributed by atoms with Crippen molar-refractivity contribution in [2.24, 2.45) is 5.73 Å². The van der Waals surface area contributed by atoms with Gasteiger partial charge in [0.2, 0.25) is 5.91 Å². The molecule has 0 saturated carbocycles. The molecule has 0 aromatic heterocycles. The number of unbranched alkanes of at least 4 members (excludes halogenated alkanes) is 11. The smallest absolute Gasteiger partial charge is 1.00 e. The largest absolute Gasteiger partial charge is 1.00 e. The molecule has 0 spiro atoms. The van der Waals surface area contributed by atoms with Crippen molar-refractivity contribution in [3.63, 3.8) is 0 Å². The van der Waals surface area contributed by atoms with Gasteiger partial charge in [0.25, 0.3) is 10.1 Å². The molecule has 1 unspecified atom stereocenters. The number of carboxylic acid groups (broad SMARTS) is 2. The Hall–Kier alpha value is 0.0600. The van der Waals surface area contributed by atoms with Crippen molar-refractivity contribution >= 4 is 28.0 Å². The Labute approximate surface area is 252 Å². The van der Waals surface area contributed by atoms with Gasteiger partial charge >= 0.3 is 71.1 Å². The van der Waals surface area contributed by atoms with Gasteiger partial charge in [-0.05, 0) is 32.1 Å². The van der Waals surface area contributed by atoms with Crippen molar-refractivity contribution in [1.29, 1.82) is 0 Å². The van der Waals surface area contributed by atoms with Gasteiger partial charge in [0.1, 0.15) is 0 Å². The number of carbonyl (C=O) groups is 3. The van der Waals surface area contributed by atoms with Crippen LogP contribution in [-0.2, 0) is 24.5 Å². The first-order valence-corrected chi connectivity index (χ1v) is 12.9. The van der Waals surface area contributed by atoms with Gasteiger partial charge < -0.3 is 18.8 Å². The van der Waals surface area contributed by atoms with Crippen LogP contribution in [0.3, 0.4) is 0 Å². The molecule has 0 radical (unpaired) electrons. The van der Waals surface area contributed by atoms with E-state index in [1.165, 1.54) is 70.6 Å². The van der Waals surface area contributed by atoms with Gasteiger partial charge in [-0.2, -0.15) is 8.42 Å². The number of carboxylic acids is 2. The molecule has 0 aliphatic carbocycles. The quantitative estimate of drug-likeness (QED) is 0.0683. The Morgan fingerprint density at radius 2 is 1.24 bits per heavy atom. The van der Waals surface area contributed by atoms with Gasteiger partial charge in [-0.15, -0.1) is 0 Å². The number of carbonyl (C=O) groups excluding carboxylic acids is 1. The van der Waals surface area contributed by atoms with E-state index in [1.54, 1.807) is 0 Å². The molecule has 192 valence electrons. The van der Waals surface area contributed by atoms with Crippen LogP contribution in [0.2, 0.25) is 0 Å². The zero-order valence-electron chi connectivity index (χ0n) is 23.2. The molecule has 0 saturated heterocycles. The molecule has 12 heteroatoms. The summed E-state index contributed by atoms with van der Waals surface area (Å²) < 4.78 is 28.7. The minimum atomic E-state index is -4.84. The average molecular weight is 528 g/mol. The summed E-state index contributed by atoms with van der Waals surface area (Å²) in [6.07, 6.45) is 20.8. The van der Waals surface area contributed by atoms with Crippen molar-refractivity contribution < 1.29 is 99.5 Å². The predicted molar refractivity (Wildman–Crippen MR) is 126 cm³/mol. The van der Waals surface area contributed by atoms with Crippen molar-refractivity contribution in [3.8, 4) is 0 Å². The molecule has 0 aromatic rings. The molecule has 0 fully saturated rings. The fourth-order valence-electron chi connectivity index (χ4n) is 2.85.